The van der Waals surface area contributed by atoms with E-state index < -0.39 is 95.3 Å². The van der Waals surface area contributed by atoms with Crippen molar-refractivity contribution in [3.63, 3.8) is 0 Å². The van der Waals surface area contributed by atoms with Crippen LogP contribution in [0.15, 0.2) is 23.8 Å². The lowest BCUT2D eigenvalue weighted by Crippen LogP contribution is -2.69. The molecule has 2 aliphatic carbocycles. The van der Waals surface area contributed by atoms with Gasteiger partial charge in [0.2, 0.25) is 0 Å². The normalized spacial score (nSPS) is 37.6. The second-order valence-corrected chi connectivity index (χ2v) is 13.4. The van der Waals surface area contributed by atoms with E-state index in [1.54, 1.807) is 6.92 Å². The molecule has 2 heterocycles. The largest absolute Gasteiger partial charge is 0.462 e. The predicted octanol–water partition coefficient (Wildman–Crippen LogP) is 1.89. The van der Waals surface area contributed by atoms with Crippen molar-refractivity contribution in [1.29, 1.82) is 0 Å². The third-order valence-corrected chi connectivity index (χ3v) is 9.47. The van der Waals surface area contributed by atoms with Crippen molar-refractivity contribution >= 4 is 35.8 Å². The van der Waals surface area contributed by atoms with Gasteiger partial charge in [-0.05, 0) is 43.4 Å². The molecule has 14 nitrogen and oxygen atoms in total. The molecular weight excluding hydrogens is 620 g/mol. The Morgan fingerprint density at radius 2 is 1.66 bits per heavy atom. The molecule has 4 rings (SSSR count). The molecule has 1 N–H and O–H groups in total. The third-order valence-electron chi connectivity index (χ3n) is 9.47. The first kappa shape index (κ1) is 36.1. The minimum atomic E-state index is -2.21. The quantitative estimate of drug-likeness (QED) is 0.214. The van der Waals surface area contributed by atoms with Gasteiger partial charge >= 0.3 is 35.8 Å². The lowest BCUT2D eigenvalue weighted by molar-refractivity contribution is -0.237. The minimum Gasteiger partial charge on any atom is -0.462 e. The summed E-state index contributed by atoms with van der Waals surface area (Å²) in [6.45, 7) is 9.45. The topological polar surface area (TPSA) is 191 Å². The maximum Gasteiger partial charge on any atom is 0.344 e. The molecule has 0 aromatic carbocycles. The standard InChI is InChI=1S/C33H44O14/c1-17(2)12-26(37)42-15-27(38)46-23-9-8-22(14-41-19(4)34)13-25-33(40,18(3)30(39)47-25)29(45-21(6)36)28-31(23,7)24(44-20(5)35)10-11-32(28)16-43-32/h8-9,13,17-18,23-25,28-29,40H,10-12,14-16H2,1-7H3/b9-8-,22-13-/t18-,23-,24-,25-,28+,29-,31-,32-,33-/m0/s1. The lowest BCUT2D eigenvalue weighted by atomic mass is 9.53. The molecule has 0 unspecified atom stereocenters. The van der Waals surface area contributed by atoms with Crippen LogP contribution in [0.1, 0.15) is 67.7 Å². The Morgan fingerprint density at radius 1 is 1.00 bits per heavy atom. The molecule has 260 valence electrons. The molecule has 0 bridgehead atoms. The maximum absolute atomic E-state index is 13.3. The number of epoxide rings is 1. The Labute approximate surface area is 273 Å². The van der Waals surface area contributed by atoms with Crippen LogP contribution in [0.3, 0.4) is 0 Å². The van der Waals surface area contributed by atoms with Gasteiger partial charge in [0, 0.05) is 33.1 Å². The highest BCUT2D eigenvalue weighted by Crippen LogP contribution is 2.62. The van der Waals surface area contributed by atoms with Crippen LogP contribution < -0.4 is 0 Å². The van der Waals surface area contributed by atoms with Crippen molar-refractivity contribution < 1.29 is 67.0 Å². The van der Waals surface area contributed by atoms with Crippen LogP contribution in [0.2, 0.25) is 0 Å². The number of hydrogen-bond donors (Lipinski definition) is 1. The molecule has 2 aliphatic heterocycles. The first-order chi connectivity index (χ1) is 21.9. The van der Waals surface area contributed by atoms with E-state index in [0.29, 0.717) is 6.42 Å². The zero-order chi connectivity index (χ0) is 34.9. The molecule has 0 amide bonds. The molecule has 0 aromatic heterocycles. The molecule has 14 heteroatoms. The predicted molar refractivity (Wildman–Crippen MR) is 159 cm³/mol. The summed E-state index contributed by atoms with van der Waals surface area (Å²) >= 11 is 0. The van der Waals surface area contributed by atoms with Gasteiger partial charge in [0.05, 0.1) is 23.5 Å². The SMILES string of the molecule is CC(=O)OCC1=C\[C@@H]2OC(=O)[C@H](C)[C@@]2(O)[C@@H](OC(C)=O)[C@H]2[C@]3(CC[C@H](OC(C)=O)[C@]2(C)[C@@H](OC(=O)COC(=O)CC(C)C)/C=C\1)CO3. The van der Waals surface area contributed by atoms with Gasteiger partial charge in [-0.3, -0.25) is 24.0 Å². The Morgan fingerprint density at radius 3 is 2.23 bits per heavy atom. The second-order valence-electron chi connectivity index (χ2n) is 13.4. The fraction of sp³-hybridized carbons (Fsp3) is 0.697. The summed E-state index contributed by atoms with van der Waals surface area (Å²) < 4.78 is 39.8. The first-order valence-electron chi connectivity index (χ1n) is 15.7. The molecule has 2 saturated heterocycles. The summed E-state index contributed by atoms with van der Waals surface area (Å²) in [4.78, 5) is 75.7. The van der Waals surface area contributed by atoms with E-state index >= 15 is 0 Å². The highest BCUT2D eigenvalue weighted by atomic mass is 16.6. The van der Waals surface area contributed by atoms with E-state index in [9.17, 15) is 33.9 Å². The van der Waals surface area contributed by atoms with Gasteiger partial charge in [-0.25, -0.2) is 4.79 Å². The van der Waals surface area contributed by atoms with E-state index in [1.165, 1.54) is 39.0 Å². The summed E-state index contributed by atoms with van der Waals surface area (Å²) in [6, 6.07) is 0. The molecule has 1 saturated carbocycles. The summed E-state index contributed by atoms with van der Waals surface area (Å²) in [7, 11) is 0. The van der Waals surface area contributed by atoms with Gasteiger partial charge in [0.25, 0.3) is 0 Å². The first-order valence-corrected chi connectivity index (χ1v) is 15.7. The van der Waals surface area contributed by atoms with E-state index in [-0.39, 0.29) is 37.5 Å². The molecule has 9 atom stereocenters. The zero-order valence-electron chi connectivity index (χ0n) is 27.8. The number of ether oxygens (including phenoxy) is 7. The van der Waals surface area contributed by atoms with E-state index in [0.717, 1.165) is 6.92 Å². The van der Waals surface area contributed by atoms with Gasteiger partial charge in [-0.15, -0.1) is 0 Å². The van der Waals surface area contributed by atoms with Crippen LogP contribution >= 0.6 is 0 Å². The molecule has 4 aliphatic rings. The van der Waals surface area contributed by atoms with Gasteiger partial charge in [-0.2, -0.15) is 0 Å². The second kappa shape index (κ2) is 13.8. The van der Waals surface area contributed by atoms with Crippen LogP contribution in [0.5, 0.6) is 0 Å². The Balaban J connectivity index is 1.93. The fourth-order valence-electron chi connectivity index (χ4n) is 7.14. The van der Waals surface area contributed by atoms with Crippen molar-refractivity contribution in [3.8, 4) is 0 Å². The Bertz CT molecular complexity index is 1340. The van der Waals surface area contributed by atoms with Crippen molar-refractivity contribution in [2.75, 3.05) is 19.8 Å². The Kier molecular flexibility index (Phi) is 10.6. The highest BCUT2D eigenvalue weighted by molar-refractivity contribution is 5.78. The van der Waals surface area contributed by atoms with Gasteiger partial charge in [0.15, 0.2) is 18.3 Å². The van der Waals surface area contributed by atoms with Gasteiger partial charge < -0.3 is 38.3 Å². The number of rotatable bonds is 9. The maximum atomic E-state index is 13.3. The number of hydrogen-bond acceptors (Lipinski definition) is 14. The third kappa shape index (κ3) is 7.38. The summed E-state index contributed by atoms with van der Waals surface area (Å²) in [5.41, 5.74) is -4.50. The molecule has 0 radical (unpaired) electrons. The summed E-state index contributed by atoms with van der Waals surface area (Å²) in [5.74, 6) is -6.63. The van der Waals surface area contributed by atoms with Crippen molar-refractivity contribution in [2.24, 2.45) is 23.2 Å². The number of esters is 6. The summed E-state index contributed by atoms with van der Waals surface area (Å²) in [5, 5.41) is 12.6. The highest BCUT2D eigenvalue weighted by Gasteiger charge is 2.74. The minimum absolute atomic E-state index is 0.00928. The van der Waals surface area contributed by atoms with Crippen LogP contribution in [0.4, 0.5) is 0 Å². The van der Waals surface area contributed by atoms with Crippen molar-refractivity contribution in [2.45, 2.75) is 103 Å². The lowest BCUT2D eigenvalue weighted by Gasteiger charge is -2.56. The molecule has 1 spiro atoms. The van der Waals surface area contributed by atoms with Crippen LogP contribution in [0, 0.1) is 23.2 Å². The Hall–Kier alpha value is -3.78. The molecule has 0 aromatic rings. The van der Waals surface area contributed by atoms with Gasteiger partial charge in [-0.1, -0.05) is 26.8 Å². The number of carbonyl (C=O) groups excluding carboxylic acids is 6. The average Bonchev–Trinajstić information content (AvgIpc) is 3.70. The van der Waals surface area contributed by atoms with Gasteiger partial charge in [0.1, 0.15) is 24.9 Å². The number of fused-ring (bicyclic) bond motifs is 3. The smallest absolute Gasteiger partial charge is 0.344 e. The van der Waals surface area contributed by atoms with Crippen LogP contribution in [-0.2, 0) is 61.9 Å². The number of carbonyl (C=O) groups is 6. The molecule has 47 heavy (non-hydrogen) atoms. The summed E-state index contributed by atoms with van der Waals surface area (Å²) in [6.07, 6.45) is -0.178. The van der Waals surface area contributed by atoms with Crippen LogP contribution in [-0.4, -0.2) is 96.4 Å². The molecular formula is C33H44O14. The van der Waals surface area contributed by atoms with E-state index in [4.69, 9.17) is 33.2 Å². The van der Waals surface area contributed by atoms with E-state index in [2.05, 4.69) is 0 Å². The molecule has 3 fully saturated rings. The fourth-order valence-corrected chi connectivity index (χ4v) is 7.14. The van der Waals surface area contributed by atoms with Crippen molar-refractivity contribution in [1.82, 2.24) is 0 Å². The van der Waals surface area contributed by atoms with Crippen LogP contribution in [0.25, 0.3) is 0 Å². The monoisotopic (exact) mass is 664 g/mol. The number of aliphatic hydroxyl groups is 1. The zero-order valence-corrected chi connectivity index (χ0v) is 27.8. The van der Waals surface area contributed by atoms with Crippen molar-refractivity contribution in [3.05, 3.63) is 23.8 Å². The average molecular weight is 665 g/mol. The van der Waals surface area contributed by atoms with E-state index in [1.807, 2.05) is 13.8 Å².